The van der Waals surface area contributed by atoms with Gasteiger partial charge in [0.2, 0.25) is 0 Å². The first-order chi connectivity index (χ1) is 15.9. The molecule has 0 spiro atoms. The Labute approximate surface area is 218 Å². The van der Waals surface area contributed by atoms with Gasteiger partial charge in [-0.3, -0.25) is 4.79 Å². The predicted octanol–water partition coefficient (Wildman–Crippen LogP) is 9.20. The molecule has 0 atom stereocenters. The van der Waals surface area contributed by atoms with Crippen molar-refractivity contribution < 1.29 is 14.4 Å². The van der Waals surface area contributed by atoms with Crippen molar-refractivity contribution in [2.24, 2.45) is 0 Å². The third kappa shape index (κ3) is 25.3. The number of quaternary nitrogens is 1. The number of rotatable bonds is 20. The Kier molecular flexibility index (Phi) is 25.4. The number of carboxylic acid groups (broad SMARTS) is 1. The lowest BCUT2D eigenvalue weighted by atomic mass is 10.0. The highest BCUT2D eigenvalue weighted by atomic mass is 35.5. The van der Waals surface area contributed by atoms with Crippen LogP contribution in [0.1, 0.15) is 115 Å². The van der Waals surface area contributed by atoms with Gasteiger partial charge in [0.25, 0.3) is 0 Å². The summed E-state index contributed by atoms with van der Waals surface area (Å²) >= 11 is 0. The largest absolute Gasteiger partial charge is 0.481 e. The monoisotopic (exact) mass is 496 g/mol. The van der Waals surface area contributed by atoms with E-state index >= 15 is 0 Å². The number of nitrogens with zero attached hydrogens (tertiary/aromatic N) is 1. The topological polar surface area (TPSA) is 37.3 Å². The zero-order valence-corrected chi connectivity index (χ0v) is 23.4. The normalized spacial score (nSPS) is 10.7. The average molecular weight is 497 g/mol. The van der Waals surface area contributed by atoms with E-state index in [0.29, 0.717) is 6.42 Å². The second-order valence-electron chi connectivity index (χ2n) is 10.1. The Morgan fingerprint density at radius 1 is 0.794 bits per heavy atom. The van der Waals surface area contributed by atoms with Crippen LogP contribution in [0.3, 0.4) is 0 Å². The molecule has 1 aromatic carbocycles. The van der Waals surface area contributed by atoms with E-state index in [9.17, 15) is 4.79 Å². The molecule has 0 amide bonds. The summed E-state index contributed by atoms with van der Waals surface area (Å²) in [6.45, 7) is 8.11. The van der Waals surface area contributed by atoms with E-state index in [0.717, 1.165) is 30.4 Å². The molecule has 198 valence electrons. The fraction of sp³-hybridized carbons (Fsp3) is 0.700. The number of unbranched alkanes of at least 4 members (excludes halogenated alkanes) is 14. The number of likely N-dealkylation sites (N-methyl/N-ethyl adjacent to an activating group) is 1. The van der Waals surface area contributed by atoms with Crippen molar-refractivity contribution in [2.75, 3.05) is 20.6 Å². The number of halogens is 1. The first kappa shape index (κ1) is 34.8. The standard InChI is InChI=1S/C18H36O2.C12H18N.ClH/c1-2-3-4-5-6-7-8-9-10-11-12-13-14-15-16-17-18(19)20;1-4-10-13(2,3)11-12-8-6-5-7-9-12;/h2-17H2,1H3,(H,19,20);4-9H,1,10-11H2,2-3H3;1H/q;+1;. The zero-order valence-electron chi connectivity index (χ0n) is 22.6. The molecule has 0 heterocycles. The van der Waals surface area contributed by atoms with E-state index in [1.807, 2.05) is 6.08 Å². The van der Waals surface area contributed by atoms with Crippen LogP contribution >= 0.6 is 12.4 Å². The number of hydrogen-bond donors (Lipinski definition) is 1. The van der Waals surface area contributed by atoms with Crippen molar-refractivity contribution in [1.29, 1.82) is 0 Å². The summed E-state index contributed by atoms with van der Waals surface area (Å²) in [6, 6.07) is 10.6. The van der Waals surface area contributed by atoms with Crippen molar-refractivity contribution >= 4 is 18.4 Å². The maximum atomic E-state index is 10.3. The van der Waals surface area contributed by atoms with Gasteiger partial charge in [-0.1, -0.05) is 134 Å². The molecule has 0 aliphatic heterocycles. The van der Waals surface area contributed by atoms with E-state index in [1.165, 1.54) is 89.0 Å². The minimum atomic E-state index is -0.653. The summed E-state index contributed by atoms with van der Waals surface area (Å²) in [5.41, 5.74) is 1.38. The lowest BCUT2D eigenvalue weighted by Crippen LogP contribution is -2.38. The van der Waals surface area contributed by atoms with Gasteiger partial charge in [0, 0.05) is 12.0 Å². The first-order valence-corrected chi connectivity index (χ1v) is 13.6. The number of aliphatic carboxylic acids is 1. The van der Waals surface area contributed by atoms with Crippen LogP contribution in [-0.2, 0) is 11.3 Å². The van der Waals surface area contributed by atoms with Crippen LogP contribution in [0.2, 0.25) is 0 Å². The van der Waals surface area contributed by atoms with Crippen LogP contribution in [0.5, 0.6) is 0 Å². The first-order valence-electron chi connectivity index (χ1n) is 13.6. The molecule has 34 heavy (non-hydrogen) atoms. The van der Waals surface area contributed by atoms with Gasteiger partial charge < -0.3 is 9.59 Å². The molecule has 0 bridgehead atoms. The summed E-state index contributed by atoms with van der Waals surface area (Å²) in [5.74, 6) is -0.653. The Balaban J connectivity index is 0. The Hall–Kier alpha value is -1.32. The van der Waals surface area contributed by atoms with Crippen LogP contribution in [0.15, 0.2) is 43.0 Å². The van der Waals surface area contributed by atoms with Crippen molar-refractivity contribution in [2.45, 2.75) is 116 Å². The third-order valence-corrected chi connectivity index (χ3v) is 6.07. The van der Waals surface area contributed by atoms with Crippen LogP contribution in [-0.4, -0.2) is 36.2 Å². The van der Waals surface area contributed by atoms with Crippen molar-refractivity contribution in [3.63, 3.8) is 0 Å². The zero-order chi connectivity index (χ0) is 24.6. The molecule has 4 heteroatoms. The maximum Gasteiger partial charge on any atom is 0.303 e. The molecule has 0 aliphatic carbocycles. The SMILES string of the molecule is C=CC[N+](C)(C)Cc1ccccc1.CCCCCCCCCCCCCCCCCC(=O)O.Cl. The van der Waals surface area contributed by atoms with Crippen molar-refractivity contribution in [3.8, 4) is 0 Å². The highest BCUT2D eigenvalue weighted by molar-refractivity contribution is 5.85. The molecule has 0 saturated carbocycles. The molecule has 0 aromatic heterocycles. The van der Waals surface area contributed by atoms with E-state index in [1.54, 1.807) is 0 Å². The summed E-state index contributed by atoms with van der Waals surface area (Å²) < 4.78 is 0.966. The fourth-order valence-electron chi connectivity index (χ4n) is 4.14. The van der Waals surface area contributed by atoms with E-state index in [2.05, 4.69) is 57.9 Å². The summed E-state index contributed by atoms with van der Waals surface area (Å²) in [7, 11) is 4.43. The summed E-state index contributed by atoms with van der Waals surface area (Å²) in [6.07, 6.45) is 22.2. The Morgan fingerprint density at radius 2 is 1.21 bits per heavy atom. The molecular formula is C30H55ClNO2+. The van der Waals surface area contributed by atoms with Crippen LogP contribution < -0.4 is 0 Å². The highest BCUT2D eigenvalue weighted by Crippen LogP contribution is 2.13. The quantitative estimate of drug-likeness (QED) is 0.111. The molecule has 0 aliphatic rings. The van der Waals surface area contributed by atoms with Gasteiger partial charge >= 0.3 is 5.97 Å². The third-order valence-electron chi connectivity index (χ3n) is 6.07. The molecule has 3 nitrogen and oxygen atoms in total. The molecule has 1 N–H and O–H groups in total. The second-order valence-corrected chi connectivity index (χ2v) is 10.1. The Morgan fingerprint density at radius 3 is 1.59 bits per heavy atom. The molecule has 1 aromatic rings. The van der Waals surface area contributed by atoms with Crippen molar-refractivity contribution in [3.05, 3.63) is 48.6 Å². The predicted molar refractivity (Wildman–Crippen MR) is 152 cm³/mol. The lowest BCUT2D eigenvalue weighted by molar-refractivity contribution is -0.897. The van der Waals surface area contributed by atoms with Crippen molar-refractivity contribution in [1.82, 2.24) is 0 Å². The summed E-state index contributed by atoms with van der Waals surface area (Å²) in [4.78, 5) is 10.3. The molecule has 0 unspecified atom stereocenters. The van der Waals surface area contributed by atoms with Gasteiger partial charge in [-0.05, 0) is 12.5 Å². The minimum Gasteiger partial charge on any atom is -0.481 e. The van der Waals surface area contributed by atoms with Crippen LogP contribution in [0.4, 0.5) is 0 Å². The van der Waals surface area contributed by atoms with Crippen LogP contribution in [0, 0.1) is 0 Å². The van der Waals surface area contributed by atoms with Gasteiger partial charge in [0.05, 0.1) is 20.6 Å². The number of carbonyl (C=O) groups is 1. The molecular weight excluding hydrogens is 442 g/mol. The van der Waals surface area contributed by atoms with E-state index < -0.39 is 5.97 Å². The Bertz CT molecular complexity index is 574. The van der Waals surface area contributed by atoms with Gasteiger partial charge in [0.15, 0.2) is 0 Å². The number of benzene rings is 1. The van der Waals surface area contributed by atoms with Gasteiger partial charge in [-0.25, -0.2) is 0 Å². The molecule has 0 fully saturated rings. The van der Waals surface area contributed by atoms with E-state index in [4.69, 9.17) is 5.11 Å². The number of carboxylic acids is 1. The van der Waals surface area contributed by atoms with Gasteiger partial charge in [0.1, 0.15) is 6.54 Å². The second kappa shape index (κ2) is 24.8. The van der Waals surface area contributed by atoms with Crippen LogP contribution in [0.25, 0.3) is 0 Å². The van der Waals surface area contributed by atoms with Gasteiger partial charge in [-0.2, -0.15) is 0 Å². The molecule has 0 radical (unpaired) electrons. The van der Waals surface area contributed by atoms with Gasteiger partial charge in [-0.15, -0.1) is 12.4 Å². The minimum absolute atomic E-state index is 0. The number of hydrogen-bond acceptors (Lipinski definition) is 1. The summed E-state index contributed by atoms with van der Waals surface area (Å²) in [5, 5.41) is 8.52. The smallest absolute Gasteiger partial charge is 0.303 e. The average Bonchev–Trinajstić information content (AvgIpc) is 2.77. The fourth-order valence-corrected chi connectivity index (χ4v) is 4.14. The molecule has 0 saturated heterocycles. The highest BCUT2D eigenvalue weighted by Gasteiger charge is 2.12. The maximum absolute atomic E-state index is 10.3. The van der Waals surface area contributed by atoms with E-state index in [-0.39, 0.29) is 12.4 Å². The molecule has 1 rings (SSSR count). The lowest BCUT2D eigenvalue weighted by Gasteiger charge is -2.28.